The van der Waals surface area contributed by atoms with Gasteiger partial charge in [-0.05, 0) is 13.3 Å². The molecule has 1 heteroatoms. The third-order valence-corrected chi connectivity index (χ3v) is 3.63. The van der Waals surface area contributed by atoms with Gasteiger partial charge in [-0.2, -0.15) is 0 Å². The summed E-state index contributed by atoms with van der Waals surface area (Å²) in [6.07, 6.45) is 18.6. The van der Waals surface area contributed by atoms with Crippen molar-refractivity contribution >= 4 is 5.78 Å². The van der Waals surface area contributed by atoms with Crippen LogP contribution in [0.25, 0.3) is 0 Å². The van der Waals surface area contributed by atoms with E-state index >= 15 is 0 Å². The number of ketones is 1. The van der Waals surface area contributed by atoms with Gasteiger partial charge in [-0.3, -0.25) is 0 Å². The van der Waals surface area contributed by atoms with Gasteiger partial charge in [-0.15, -0.1) is 0 Å². The van der Waals surface area contributed by atoms with Crippen LogP contribution in [0.3, 0.4) is 0 Å². The van der Waals surface area contributed by atoms with E-state index in [0.717, 1.165) is 12.8 Å². The number of hydrogen-bond donors (Lipinski definition) is 0. The van der Waals surface area contributed by atoms with Crippen LogP contribution in [-0.4, -0.2) is 5.78 Å². The van der Waals surface area contributed by atoms with Crippen LogP contribution in [0.2, 0.25) is 0 Å². The molecule has 0 aromatic heterocycles. The summed E-state index contributed by atoms with van der Waals surface area (Å²) in [7, 11) is 0. The Hall–Kier alpha value is -0.330. The lowest BCUT2D eigenvalue weighted by molar-refractivity contribution is -0.117. The first-order chi connectivity index (χ1) is 8.77. The van der Waals surface area contributed by atoms with Crippen molar-refractivity contribution < 1.29 is 6.22 Å². The van der Waals surface area contributed by atoms with Gasteiger partial charge in [0.2, 0.25) is 0 Å². The fraction of sp³-hybridized carbons (Fsp3) is 0.941. The minimum Gasteiger partial charge on any atom is -0.300 e. The second-order valence-electron chi connectivity index (χ2n) is 5.69. The number of carbonyl (C=O) groups excluding carboxylic acids is 1. The van der Waals surface area contributed by atoms with Crippen LogP contribution in [0.5, 0.6) is 0 Å². The molecule has 0 spiro atoms. The quantitative estimate of drug-likeness (QED) is 0.333. The first-order valence-corrected chi connectivity index (χ1v) is 8.26. The zero-order valence-electron chi connectivity index (χ0n) is 12.8. The molecule has 1 nitrogen and oxygen atoms in total. The number of rotatable bonds is 14. The predicted octanol–water partition coefficient (Wildman–Crippen LogP) is 6.30. The topological polar surface area (TPSA) is 17.1 Å². The number of unbranched alkanes of at least 4 members (excludes halogenated alkanes) is 12. The SMILES string of the molecule is CCCCCCCCCCCCCCCC(C)=O.[HH]. The molecular weight excluding hydrogens is 220 g/mol. The van der Waals surface area contributed by atoms with Gasteiger partial charge >= 0.3 is 0 Å². The molecule has 0 unspecified atom stereocenters. The summed E-state index contributed by atoms with van der Waals surface area (Å²) in [5.74, 6) is 0.345. The second kappa shape index (κ2) is 14.7. The van der Waals surface area contributed by atoms with E-state index in [2.05, 4.69) is 6.92 Å². The average Bonchev–Trinajstić information content (AvgIpc) is 2.34. The summed E-state index contributed by atoms with van der Waals surface area (Å²) >= 11 is 0. The normalized spacial score (nSPS) is 10.8. The van der Waals surface area contributed by atoms with E-state index in [1.54, 1.807) is 6.92 Å². The summed E-state index contributed by atoms with van der Waals surface area (Å²) < 4.78 is 0. The van der Waals surface area contributed by atoms with Gasteiger partial charge in [0.05, 0.1) is 0 Å². The maximum Gasteiger partial charge on any atom is 0.129 e. The maximum atomic E-state index is 10.7. The first-order valence-electron chi connectivity index (χ1n) is 8.26. The maximum absolute atomic E-state index is 10.7. The highest BCUT2D eigenvalue weighted by Gasteiger charge is 1.95. The lowest BCUT2D eigenvalue weighted by Gasteiger charge is -2.02. The molecule has 0 saturated heterocycles. The Kier molecular flexibility index (Phi) is 14.5. The second-order valence-corrected chi connectivity index (χ2v) is 5.69. The zero-order valence-corrected chi connectivity index (χ0v) is 12.8. The van der Waals surface area contributed by atoms with Crippen LogP contribution in [0, 0.1) is 0 Å². The lowest BCUT2D eigenvalue weighted by atomic mass is 10.0. The van der Waals surface area contributed by atoms with E-state index < -0.39 is 0 Å². The highest BCUT2D eigenvalue weighted by molar-refractivity contribution is 5.75. The lowest BCUT2D eigenvalue weighted by Crippen LogP contribution is -1.89. The Balaban J connectivity index is 0. The number of Topliss-reactive ketones (excluding diaryl/α,β-unsaturated/α-hetero) is 1. The fourth-order valence-electron chi connectivity index (χ4n) is 2.39. The van der Waals surface area contributed by atoms with Crippen molar-refractivity contribution in [1.29, 1.82) is 0 Å². The van der Waals surface area contributed by atoms with E-state index in [9.17, 15) is 4.79 Å². The monoisotopic (exact) mass is 256 g/mol. The Morgan fingerprint density at radius 2 is 1.00 bits per heavy atom. The Morgan fingerprint density at radius 1 is 0.667 bits per heavy atom. The number of hydrogen-bond acceptors (Lipinski definition) is 1. The van der Waals surface area contributed by atoms with Crippen LogP contribution in [0.1, 0.15) is 105 Å². The van der Waals surface area contributed by atoms with Gasteiger partial charge < -0.3 is 4.79 Å². The Morgan fingerprint density at radius 3 is 1.33 bits per heavy atom. The average molecular weight is 256 g/mol. The van der Waals surface area contributed by atoms with E-state index in [4.69, 9.17) is 0 Å². The molecule has 0 aliphatic heterocycles. The van der Waals surface area contributed by atoms with Crippen LogP contribution < -0.4 is 0 Å². The molecule has 18 heavy (non-hydrogen) atoms. The highest BCUT2D eigenvalue weighted by atomic mass is 16.1. The molecule has 0 aromatic rings. The summed E-state index contributed by atoms with van der Waals surface area (Å²) in [4.78, 5) is 10.7. The highest BCUT2D eigenvalue weighted by Crippen LogP contribution is 2.12. The Bertz CT molecular complexity index is 180. The number of carbonyl (C=O) groups is 1. The largest absolute Gasteiger partial charge is 0.300 e. The van der Waals surface area contributed by atoms with E-state index in [1.807, 2.05) is 0 Å². The molecule has 110 valence electrons. The molecule has 0 aromatic carbocycles. The third-order valence-electron chi connectivity index (χ3n) is 3.63. The summed E-state index contributed by atoms with van der Waals surface area (Å²) in [6.45, 7) is 3.97. The van der Waals surface area contributed by atoms with Gasteiger partial charge in [-0.25, -0.2) is 0 Å². The molecule has 0 atom stereocenters. The van der Waals surface area contributed by atoms with E-state index in [-0.39, 0.29) is 1.43 Å². The molecular formula is C17H36O. The smallest absolute Gasteiger partial charge is 0.129 e. The van der Waals surface area contributed by atoms with Gasteiger partial charge in [-0.1, -0.05) is 84.0 Å². The van der Waals surface area contributed by atoms with Crippen molar-refractivity contribution in [3.63, 3.8) is 0 Å². The fourth-order valence-corrected chi connectivity index (χ4v) is 2.39. The standard InChI is InChI=1S/C17H34O.H2/c1-3-4-5-6-7-8-9-10-11-12-13-14-15-16-17(2)18;/h3-16H2,1-2H3;1H. The van der Waals surface area contributed by atoms with Gasteiger partial charge in [0.1, 0.15) is 5.78 Å². The summed E-state index contributed by atoms with van der Waals surface area (Å²) in [6, 6.07) is 0. The van der Waals surface area contributed by atoms with Crippen LogP contribution in [0.15, 0.2) is 0 Å². The van der Waals surface area contributed by atoms with Crippen molar-refractivity contribution in [2.45, 2.75) is 104 Å². The summed E-state index contributed by atoms with van der Waals surface area (Å²) in [5.41, 5.74) is 0. The van der Waals surface area contributed by atoms with Gasteiger partial charge in [0, 0.05) is 7.85 Å². The van der Waals surface area contributed by atoms with Crippen LogP contribution in [0.4, 0.5) is 0 Å². The molecule has 0 saturated carbocycles. The van der Waals surface area contributed by atoms with Crippen molar-refractivity contribution in [2.24, 2.45) is 0 Å². The molecule has 0 rings (SSSR count). The van der Waals surface area contributed by atoms with E-state index in [1.165, 1.54) is 77.0 Å². The molecule has 0 fully saturated rings. The Labute approximate surface area is 116 Å². The molecule has 0 aliphatic rings. The minimum absolute atomic E-state index is 0. The van der Waals surface area contributed by atoms with Crippen molar-refractivity contribution in [1.82, 2.24) is 0 Å². The van der Waals surface area contributed by atoms with Gasteiger partial charge in [0.25, 0.3) is 0 Å². The van der Waals surface area contributed by atoms with Crippen molar-refractivity contribution in [3.05, 3.63) is 0 Å². The molecule has 0 heterocycles. The van der Waals surface area contributed by atoms with Gasteiger partial charge in [0.15, 0.2) is 0 Å². The third kappa shape index (κ3) is 15.7. The minimum atomic E-state index is 0. The van der Waals surface area contributed by atoms with Crippen LogP contribution >= 0.6 is 0 Å². The molecule has 0 aliphatic carbocycles. The molecule has 0 N–H and O–H groups in total. The zero-order chi connectivity index (χ0) is 13.5. The predicted molar refractivity (Wildman–Crippen MR) is 83.1 cm³/mol. The molecule has 0 amide bonds. The molecule has 0 radical (unpaired) electrons. The van der Waals surface area contributed by atoms with Crippen molar-refractivity contribution in [3.8, 4) is 0 Å². The summed E-state index contributed by atoms with van der Waals surface area (Å²) in [5, 5.41) is 0. The first kappa shape index (κ1) is 17.7. The van der Waals surface area contributed by atoms with Crippen LogP contribution in [-0.2, 0) is 4.79 Å². The van der Waals surface area contributed by atoms with E-state index in [0.29, 0.717) is 5.78 Å². The van der Waals surface area contributed by atoms with Crippen molar-refractivity contribution in [2.75, 3.05) is 0 Å². The molecule has 0 bridgehead atoms.